The highest BCUT2D eigenvalue weighted by Crippen LogP contribution is 2.40. The predicted molar refractivity (Wildman–Crippen MR) is 214 cm³/mol. The Balaban J connectivity index is 1.11. The average molecular weight is 808 g/mol. The van der Waals surface area contributed by atoms with Crippen molar-refractivity contribution in [2.24, 2.45) is 14.1 Å². The summed E-state index contributed by atoms with van der Waals surface area (Å²) in [4.78, 5) is 64.0. The van der Waals surface area contributed by atoms with Crippen LogP contribution in [0.15, 0.2) is 36.4 Å². The second-order valence-electron chi connectivity index (χ2n) is 15.3. The van der Waals surface area contributed by atoms with E-state index in [0.717, 1.165) is 48.8 Å². The number of rotatable bonds is 13. The average Bonchev–Trinajstić information content (AvgIpc) is 3.64. The molecule has 16 heteroatoms. The number of carboxylic acids is 1. The van der Waals surface area contributed by atoms with Crippen molar-refractivity contribution in [1.82, 2.24) is 28.9 Å². The van der Waals surface area contributed by atoms with Gasteiger partial charge in [0, 0.05) is 88.5 Å². The summed E-state index contributed by atoms with van der Waals surface area (Å²) < 4.78 is 9.04. The lowest BCUT2D eigenvalue weighted by Gasteiger charge is -2.26. The van der Waals surface area contributed by atoms with Crippen molar-refractivity contribution in [2.75, 3.05) is 36.8 Å². The van der Waals surface area contributed by atoms with Gasteiger partial charge in [0.15, 0.2) is 11.6 Å². The van der Waals surface area contributed by atoms with Gasteiger partial charge in [-0.15, -0.1) is 0 Å². The van der Waals surface area contributed by atoms with Gasteiger partial charge in [0.05, 0.1) is 32.8 Å². The predicted octanol–water partition coefficient (Wildman–Crippen LogP) is 6.33. The number of carbonyl (C=O) groups excluding carboxylic acids is 3. The van der Waals surface area contributed by atoms with Crippen LogP contribution < -0.4 is 10.6 Å². The number of hydrogen-bond donors (Lipinski definition) is 3. The van der Waals surface area contributed by atoms with Crippen LogP contribution in [0.5, 0.6) is 0 Å². The summed E-state index contributed by atoms with van der Waals surface area (Å²) >= 11 is 13.8. The third-order valence-electron chi connectivity index (χ3n) is 10.00. The summed E-state index contributed by atoms with van der Waals surface area (Å²) in [5.74, 6) is -1.36. The molecule has 2 aromatic carbocycles. The number of aliphatic carboxylic acids is 1. The van der Waals surface area contributed by atoms with Crippen LogP contribution in [0.1, 0.15) is 90.5 Å². The fraction of sp³-hybridized carbons (Fsp3) is 0.450. The molecule has 2 aliphatic heterocycles. The molecular formula is C40H48Cl2N8O6. The zero-order valence-electron chi connectivity index (χ0n) is 32.4. The number of carbonyl (C=O) groups is 4. The molecule has 298 valence electrons. The van der Waals surface area contributed by atoms with Crippen LogP contribution in [0.4, 0.5) is 11.4 Å². The number of carboxylic acid groups (broad SMARTS) is 1. The van der Waals surface area contributed by atoms with Gasteiger partial charge in [0.2, 0.25) is 0 Å². The van der Waals surface area contributed by atoms with E-state index in [0.29, 0.717) is 67.8 Å². The molecule has 6 rings (SSSR count). The minimum absolute atomic E-state index is 0.109. The molecule has 4 heterocycles. The maximum absolute atomic E-state index is 13.6. The monoisotopic (exact) mass is 806 g/mol. The quantitative estimate of drug-likeness (QED) is 0.130. The fourth-order valence-electron chi connectivity index (χ4n) is 7.28. The van der Waals surface area contributed by atoms with Crippen LogP contribution in [0.25, 0.3) is 11.1 Å². The molecule has 3 N–H and O–H groups in total. The molecule has 2 aromatic heterocycles. The Morgan fingerprint density at radius 2 is 1.20 bits per heavy atom. The van der Waals surface area contributed by atoms with Crippen molar-refractivity contribution >= 4 is 58.3 Å². The molecule has 0 bridgehead atoms. The lowest BCUT2D eigenvalue weighted by atomic mass is 10.0. The van der Waals surface area contributed by atoms with Crippen LogP contribution in [-0.4, -0.2) is 89.5 Å². The van der Waals surface area contributed by atoms with Crippen LogP contribution in [0, 0.1) is 0 Å². The van der Waals surface area contributed by atoms with Crippen molar-refractivity contribution in [2.45, 2.75) is 78.0 Å². The standard InChI is InChI=1S/C40H48Cl2N8O6/c1-40(2,3)56-33(53)15-9-19-50-21-17-31-29(23-50)44-37(48(31)5)39(55)46-27-13-7-11-25(35(27)42)24-10-6-12-26(34(24)41)45-38(54)36-43-28-22-49(18-8-14-32(51)52)20-16-30(28)47(36)4/h6-7,10-13H,8-9,14-23H2,1-5H3,(H,45,54)(H,46,55)(H,51,52). The van der Waals surface area contributed by atoms with E-state index in [2.05, 4.69) is 25.4 Å². The molecular weight excluding hydrogens is 759 g/mol. The molecule has 0 fully saturated rings. The minimum Gasteiger partial charge on any atom is -0.481 e. The number of nitrogens with one attached hydrogen (secondary N) is 2. The van der Waals surface area contributed by atoms with E-state index in [1.54, 1.807) is 41.0 Å². The van der Waals surface area contributed by atoms with Gasteiger partial charge in [-0.2, -0.15) is 0 Å². The SMILES string of the molecule is Cn1c(C(=O)Nc2cccc(-c3cccc(NC(=O)c4nc5c(n4C)CCN(CCCC(=O)OC(C)(C)C)C5)c3Cl)c2Cl)nc2c1CCN(CCCC(=O)O)C2. The third kappa shape index (κ3) is 9.43. The largest absolute Gasteiger partial charge is 0.481 e. The van der Waals surface area contributed by atoms with E-state index in [4.69, 9.17) is 38.0 Å². The highest BCUT2D eigenvalue weighted by Gasteiger charge is 2.28. The van der Waals surface area contributed by atoms with Gasteiger partial charge >= 0.3 is 11.9 Å². The first-order valence-electron chi connectivity index (χ1n) is 18.8. The van der Waals surface area contributed by atoms with Gasteiger partial charge in [-0.1, -0.05) is 47.5 Å². The smallest absolute Gasteiger partial charge is 0.306 e. The lowest BCUT2D eigenvalue weighted by molar-refractivity contribution is -0.155. The van der Waals surface area contributed by atoms with Crippen LogP contribution >= 0.6 is 23.2 Å². The number of nitrogens with zero attached hydrogens (tertiary/aromatic N) is 6. The molecule has 56 heavy (non-hydrogen) atoms. The van der Waals surface area contributed by atoms with Gasteiger partial charge < -0.3 is 29.6 Å². The first-order chi connectivity index (χ1) is 26.6. The molecule has 0 radical (unpaired) electrons. The summed E-state index contributed by atoms with van der Waals surface area (Å²) in [5, 5.41) is 15.4. The molecule has 0 spiro atoms. The summed E-state index contributed by atoms with van der Waals surface area (Å²) in [6.07, 6.45) is 3.08. The van der Waals surface area contributed by atoms with Crippen LogP contribution in [-0.2, 0) is 54.4 Å². The number of halogens is 2. The molecule has 2 aliphatic rings. The topological polar surface area (TPSA) is 164 Å². The van der Waals surface area contributed by atoms with Crippen molar-refractivity contribution in [3.05, 3.63) is 80.9 Å². The number of amides is 2. The van der Waals surface area contributed by atoms with Gasteiger partial charge in [-0.3, -0.25) is 29.0 Å². The van der Waals surface area contributed by atoms with Crippen LogP contribution in [0.3, 0.4) is 0 Å². The van der Waals surface area contributed by atoms with Crippen molar-refractivity contribution < 1.29 is 29.0 Å². The zero-order valence-corrected chi connectivity index (χ0v) is 33.9. The number of anilines is 2. The highest BCUT2D eigenvalue weighted by atomic mass is 35.5. The molecule has 14 nitrogen and oxygen atoms in total. The van der Waals surface area contributed by atoms with E-state index in [-0.39, 0.29) is 34.1 Å². The first-order valence-corrected chi connectivity index (χ1v) is 19.5. The van der Waals surface area contributed by atoms with Crippen molar-refractivity contribution in [1.29, 1.82) is 0 Å². The second kappa shape index (κ2) is 17.2. The van der Waals surface area contributed by atoms with E-state index in [1.165, 1.54) is 0 Å². The van der Waals surface area contributed by atoms with E-state index in [1.807, 2.05) is 39.4 Å². The molecule has 0 unspecified atom stereocenters. The summed E-state index contributed by atoms with van der Waals surface area (Å²) in [6, 6.07) is 10.5. The number of imidazole rings is 2. The number of esters is 1. The van der Waals surface area contributed by atoms with Crippen LogP contribution in [0.2, 0.25) is 10.0 Å². The van der Waals surface area contributed by atoms with Gasteiger partial charge in [-0.25, -0.2) is 9.97 Å². The maximum Gasteiger partial charge on any atom is 0.306 e. The number of aromatic nitrogens is 4. The second-order valence-corrected chi connectivity index (χ2v) is 16.0. The number of fused-ring (bicyclic) bond motifs is 2. The number of benzene rings is 2. The van der Waals surface area contributed by atoms with E-state index < -0.39 is 23.4 Å². The molecule has 0 saturated carbocycles. The van der Waals surface area contributed by atoms with Gasteiger partial charge in [-0.05, 0) is 58.8 Å². The maximum atomic E-state index is 13.6. The Bertz CT molecular complexity index is 2160. The fourth-order valence-corrected chi connectivity index (χ4v) is 7.83. The summed E-state index contributed by atoms with van der Waals surface area (Å²) in [5.41, 5.74) is 4.93. The summed E-state index contributed by atoms with van der Waals surface area (Å²) in [7, 11) is 3.64. The highest BCUT2D eigenvalue weighted by molar-refractivity contribution is 6.40. The molecule has 0 atom stereocenters. The van der Waals surface area contributed by atoms with Crippen molar-refractivity contribution in [3.63, 3.8) is 0 Å². The third-order valence-corrected chi connectivity index (χ3v) is 10.8. The minimum atomic E-state index is -0.817. The Kier molecular flexibility index (Phi) is 12.5. The Morgan fingerprint density at radius 1 is 0.750 bits per heavy atom. The molecule has 0 saturated heterocycles. The molecule has 4 aromatic rings. The zero-order chi connectivity index (χ0) is 40.3. The molecule has 2 amide bonds. The van der Waals surface area contributed by atoms with Gasteiger partial charge in [0.25, 0.3) is 11.8 Å². The number of hydrogen-bond acceptors (Lipinski definition) is 9. The van der Waals surface area contributed by atoms with E-state index >= 15 is 0 Å². The van der Waals surface area contributed by atoms with Gasteiger partial charge in [0.1, 0.15) is 5.60 Å². The summed E-state index contributed by atoms with van der Waals surface area (Å²) in [6.45, 7) is 9.59. The Hall–Kier alpha value is -4.76. The number of ether oxygens (including phenoxy) is 1. The first kappa shape index (κ1) is 40.9. The normalized spacial score (nSPS) is 14.6. The lowest BCUT2D eigenvalue weighted by Crippen LogP contribution is -2.32. The Labute approximate surface area is 336 Å². The molecule has 0 aliphatic carbocycles. The van der Waals surface area contributed by atoms with E-state index in [9.17, 15) is 19.2 Å². The Morgan fingerprint density at radius 3 is 1.62 bits per heavy atom. The van der Waals surface area contributed by atoms with Crippen molar-refractivity contribution in [3.8, 4) is 11.1 Å².